The zero-order valence-corrected chi connectivity index (χ0v) is 9.23. The first-order valence-electron chi connectivity index (χ1n) is 5.18. The summed E-state index contributed by atoms with van der Waals surface area (Å²) in [5, 5.41) is 10.0. The quantitative estimate of drug-likeness (QED) is 0.706. The second-order valence-corrected chi connectivity index (χ2v) is 5.10. The van der Waals surface area contributed by atoms with Crippen molar-refractivity contribution in [3.05, 3.63) is 15.6 Å². The first-order chi connectivity index (χ1) is 6.81. The van der Waals surface area contributed by atoms with Crippen LogP contribution in [0.4, 0.5) is 0 Å². The van der Waals surface area contributed by atoms with Gasteiger partial charge >= 0.3 is 0 Å². The summed E-state index contributed by atoms with van der Waals surface area (Å²) in [5.41, 5.74) is 1.08. The van der Waals surface area contributed by atoms with Crippen LogP contribution in [0.25, 0.3) is 0 Å². The number of thiazole rings is 1. The Morgan fingerprint density at radius 3 is 2.71 bits per heavy atom. The molecule has 0 N–H and O–H groups in total. The lowest BCUT2D eigenvalue weighted by Gasteiger charge is -2.19. The first kappa shape index (κ1) is 9.67. The van der Waals surface area contributed by atoms with Crippen molar-refractivity contribution in [1.29, 1.82) is 5.26 Å². The van der Waals surface area contributed by atoms with Crippen LogP contribution in [0, 0.1) is 18.3 Å². The molecule has 0 radical (unpaired) electrons. The predicted molar refractivity (Wildman–Crippen MR) is 57.4 cm³/mol. The fourth-order valence-electron chi connectivity index (χ4n) is 2.18. The maximum Gasteiger partial charge on any atom is 0.128 e. The largest absolute Gasteiger partial charge is 0.245 e. The van der Waals surface area contributed by atoms with Gasteiger partial charge in [0, 0.05) is 5.92 Å². The monoisotopic (exact) mass is 206 g/mol. The number of nitriles is 1. The van der Waals surface area contributed by atoms with Crippen LogP contribution in [0.3, 0.4) is 0 Å². The van der Waals surface area contributed by atoms with E-state index in [0.717, 1.165) is 15.6 Å². The number of hydrogen-bond acceptors (Lipinski definition) is 3. The molecule has 0 saturated heterocycles. The Labute approximate surface area is 88.6 Å². The molecule has 0 bridgehead atoms. The van der Waals surface area contributed by atoms with Crippen LogP contribution in [0.2, 0.25) is 0 Å². The van der Waals surface area contributed by atoms with Crippen molar-refractivity contribution in [2.75, 3.05) is 0 Å². The van der Waals surface area contributed by atoms with Crippen LogP contribution in [-0.4, -0.2) is 4.98 Å². The second kappa shape index (κ2) is 4.10. The van der Waals surface area contributed by atoms with E-state index in [2.05, 4.69) is 11.1 Å². The number of aromatic nitrogens is 1. The van der Waals surface area contributed by atoms with Gasteiger partial charge in [0.1, 0.15) is 10.9 Å². The summed E-state index contributed by atoms with van der Waals surface area (Å²) >= 11 is 1.54. The van der Waals surface area contributed by atoms with Crippen LogP contribution in [0.15, 0.2) is 0 Å². The maximum absolute atomic E-state index is 8.98. The molecule has 14 heavy (non-hydrogen) atoms. The number of nitrogens with zero attached hydrogens (tertiary/aromatic N) is 2. The summed E-state index contributed by atoms with van der Waals surface area (Å²) in [6.07, 6.45) is 6.38. The minimum atomic E-state index is 0.559. The third kappa shape index (κ3) is 1.80. The lowest BCUT2D eigenvalue weighted by molar-refractivity contribution is 0.437. The molecule has 0 spiro atoms. The van der Waals surface area contributed by atoms with Gasteiger partial charge in [-0.05, 0) is 19.8 Å². The molecule has 74 valence electrons. The lowest BCUT2D eigenvalue weighted by atomic mass is 9.86. The molecule has 1 heterocycles. The molecule has 1 fully saturated rings. The van der Waals surface area contributed by atoms with Crippen molar-refractivity contribution in [2.45, 2.75) is 44.9 Å². The molecule has 0 unspecified atom stereocenters. The van der Waals surface area contributed by atoms with Crippen LogP contribution in [-0.2, 0) is 0 Å². The first-order valence-corrected chi connectivity index (χ1v) is 6.00. The molecule has 1 aromatic rings. The molecule has 2 nitrogen and oxygen atoms in total. The number of aryl methyl sites for hydroxylation is 1. The molecule has 2 rings (SSSR count). The molecule has 0 atom stereocenters. The summed E-state index contributed by atoms with van der Waals surface area (Å²) < 4.78 is 0. The molecule has 0 aromatic carbocycles. The van der Waals surface area contributed by atoms with Crippen molar-refractivity contribution in [2.24, 2.45) is 0 Å². The standard InChI is InChI=1S/C11H14N2S/c1-8-13-11(10(7-12)14-8)9-5-3-2-4-6-9/h9H,2-6H2,1H3. The fourth-order valence-corrected chi connectivity index (χ4v) is 2.98. The van der Waals surface area contributed by atoms with Gasteiger partial charge in [-0.3, -0.25) is 0 Å². The van der Waals surface area contributed by atoms with Crippen LogP contribution < -0.4 is 0 Å². The highest BCUT2D eigenvalue weighted by Crippen LogP contribution is 2.35. The second-order valence-electron chi connectivity index (χ2n) is 3.89. The molecular weight excluding hydrogens is 192 g/mol. The Hall–Kier alpha value is -0.880. The Morgan fingerprint density at radius 2 is 2.07 bits per heavy atom. The van der Waals surface area contributed by atoms with Gasteiger partial charge in [-0.25, -0.2) is 4.98 Å². The SMILES string of the molecule is Cc1nc(C2CCCCC2)c(C#N)s1. The zero-order valence-electron chi connectivity index (χ0n) is 8.42. The van der Waals surface area contributed by atoms with E-state index in [-0.39, 0.29) is 0 Å². The molecule has 1 aliphatic carbocycles. The summed E-state index contributed by atoms with van der Waals surface area (Å²) in [6, 6.07) is 2.27. The van der Waals surface area contributed by atoms with Gasteiger partial charge < -0.3 is 0 Å². The van der Waals surface area contributed by atoms with E-state index in [1.54, 1.807) is 0 Å². The summed E-state index contributed by atoms with van der Waals surface area (Å²) in [6.45, 7) is 1.98. The Bertz CT molecular complexity index is 356. The van der Waals surface area contributed by atoms with Crippen molar-refractivity contribution < 1.29 is 0 Å². The van der Waals surface area contributed by atoms with Crippen LogP contribution in [0.5, 0.6) is 0 Å². The van der Waals surface area contributed by atoms with Gasteiger partial charge in [-0.2, -0.15) is 5.26 Å². The van der Waals surface area contributed by atoms with Gasteiger partial charge in [0.05, 0.1) is 10.7 Å². The van der Waals surface area contributed by atoms with Gasteiger partial charge in [-0.15, -0.1) is 11.3 Å². The molecule has 1 aromatic heterocycles. The smallest absolute Gasteiger partial charge is 0.128 e. The average Bonchev–Trinajstić information content (AvgIpc) is 2.61. The fraction of sp³-hybridized carbons (Fsp3) is 0.636. The van der Waals surface area contributed by atoms with Crippen LogP contribution in [0.1, 0.15) is 53.6 Å². The molecule has 0 aliphatic heterocycles. The van der Waals surface area contributed by atoms with E-state index in [4.69, 9.17) is 5.26 Å². The van der Waals surface area contributed by atoms with E-state index in [0.29, 0.717) is 5.92 Å². The normalized spacial score (nSPS) is 18.0. The third-order valence-electron chi connectivity index (χ3n) is 2.85. The van der Waals surface area contributed by atoms with E-state index < -0.39 is 0 Å². The average molecular weight is 206 g/mol. The molecule has 0 amide bonds. The zero-order chi connectivity index (χ0) is 9.97. The molecule has 1 aliphatic rings. The third-order valence-corrected chi connectivity index (χ3v) is 3.74. The highest BCUT2D eigenvalue weighted by Gasteiger charge is 2.21. The molecule has 1 saturated carbocycles. The van der Waals surface area contributed by atoms with E-state index in [1.807, 2.05) is 6.92 Å². The van der Waals surface area contributed by atoms with Crippen molar-refractivity contribution in [1.82, 2.24) is 4.98 Å². The van der Waals surface area contributed by atoms with Crippen molar-refractivity contribution in [3.8, 4) is 6.07 Å². The van der Waals surface area contributed by atoms with Crippen molar-refractivity contribution >= 4 is 11.3 Å². The van der Waals surface area contributed by atoms with Gasteiger partial charge in [0.15, 0.2) is 0 Å². The predicted octanol–water partition coefficient (Wildman–Crippen LogP) is 3.37. The Kier molecular flexibility index (Phi) is 2.83. The summed E-state index contributed by atoms with van der Waals surface area (Å²) in [4.78, 5) is 5.34. The van der Waals surface area contributed by atoms with Gasteiger partial charge in [-0.1, -0.05) is 19.3 Å². The van der Waals surface area contributed by atoms with E-state index in [9.17, 15) is 0 Å². The maximum atomic E-state index is 8.98. The Balaban J connectivity index is 2.25. The molecular formula is C11H14N2S. The van der Waals surface area contributed by atoms with Gasteiger partial charge in [0.2, 0.25) is 0 Å². The lowest BCUT2D eigenvalue weighted by Crippen LogP contribution is -2.06. The topological polar surface area (TPSA) is 36.7 Å². The molecule has 3 heteroatoms. The van der Waals surface area contributed by atoms with E-state index in [1.165, 1.54) is 43.4 Å². The van der Waals surface area contributed by atoms with Crippen molar-refractivity contribution in [3.63, 3.8) is 0 Å². The number of rotatable bonds is 1. The Morgan fingerprint density at radius 1 is 1.36 bits per heavy atom. The van der Waals surface area contributed by atoms with Crippen LogP contribution >= 0.6 is 11.3 Å². The summed E-state index contributed by atoms with van der Waals surface area (Å²) in [5.74, 6) is 0.559. The van der Waals surface area contributed by atoms with E-state index >= 15 is 0 Å². The minimum absolute atomic E-state index is 0.559. The number of hydrogen-bond donors (Lipinski definition) is 0. The minimum Gasteiger partial charge on any atom is -0.245 e. The summed E-state index contributed by atoms with van der Waals surface area (Å²) in [7, 11) is 0. The highest BCUT2D eigenvalue weighted by molar-refractivity contribution is 7.12. The van der Waals surface area contributed by atoms with Gasteiger partial charge in [0.25, 0.3) is 0 Å². The highest BCUT2D eigenvalue weighted by atomic mass is 32.1.